The molecule has 0 aliphatic heterocycles. The molecular weight excluding hydrogens is 499 g/mol. The number of ether oxygens (including phenoxy) is 2. The molecule has 35 heavy (non-hydrogen) atoms. The Kier molecular flexibility index (Phi) is 7.10. The van der Waals surface area contributed by atoms with Gasteiger partial charge in [0.1, 0.15) is 19.0 Å². The number of ketones is 1. The van der Waals surface area contributed by atoms with Crippen molar-refractivity contribution >= 4 is 39.9 Å². The Hall–Kier alpha value is -3.42. The monoisotopic (exact) mass is 517 g/mol. The molecule has 0 radical (unpaired) electrons. The number of rotatable bonds is 7. The van der Waals surface area contributed by atoms with Crippen molar-refractivity contribution in [3.05, 3.63) is 92.1 Å². The van der Waals surface area contributed by atoms with Crippen molar-refractivity contribution in [3.8, 4) is 22.8 Å². The fourth-order valence-corrected chi connectivity index (χ4v) is 4.11. The van der Waals surface area contributed by atoms with Gasteiger partial charge in [0.05, 0.1) is 16.2 Å². The van der Waals surface area contributed by atoms with Gasteiger partial charge in [-0.05, 0) is 61.5 Å². The van der Waals surface area contributed by atoms with Crippen molar-refractivity contribution in [1.82, 2.24) is 4.57 Å². The van der Waals surface area contributed by atoms with Crippen LogP contribution in [0.15, 0.2) is 59.4 Å². The van der Waals surface area contributed by atoms with E-state index in [-0.39, 0.29) is 41.0 Å². The van der Waals surface area contributed by atoms with Crippen LogP contribution in [0, 0.1) is 11.6 Å². The zero-order valence-electron chi connectivity index (χ0n) is 18.7. The van der Waals surface area contributed by atoms with Crippen LogP contribution >= 0.6 is 23.2 Å². The van der Waals surface area contributed by atoms with Crippen LogP contribution in [0.2, 0.25) is 10.0 Å². The van der Waals surface area contributed by atoms with Gasteiger partial charge in [-0.25, -0.2) is 8.78 Å². The summed E-state index contributed by atoms with van der Waals surface area (Å²) in [5.41, 5.74) is 1.03. The largest absolute Gasteiger partial charge is 0.488 e. The third-order valence-corrected chi connectivity index (χ3v) is 5.97. The third kappa shape index (κ3) is 5.01. The molecule has 0 bridgehead atoms. The van der Waals surface area contributed by atoms with E-state index < -0.39 is 17.1 Å². The van der Waals surface area contributed by atoms with Crippen molar-refractivity contribution in [2.75, 3.05) is 13.2 Å². The van der Waals surface area contributed by atoms with Crippen LogP contribution in [0.3, 0.4) is 0 Å². The molecule has 180 valence electrons. The highest BCUT2D eigenvalue weighted by Crippen LogP contribution is 2.32. The van der Waals surface area contributed by atoms with Crippen LogP contribution in [0.1, 0.15) is 17.3 Å². The second kappa shape index (κ2) is 10.1. The van der Waals surface area contributed by atoms with Crippen LogP contribution in [0.25, 0.3) is 22.2 Å². The number of Topliss-reactive ketones (excluding diaryl/α,β-unsaturated/α-hetero) is 1. The number of carbonyl (C=O) groups is 1. The van der Waals surface area contributed by atoms with Gasteiger partial charge in [-0.15, -0.1) is 0 Å². The quantitative estimate of drug-likeness (QED) is 0.209. The molecule has 9 heteroatoms. The number of halogens is 4. The van der Waals surface area contributed by atoms with Gasteiger partial charge < -0.3 is 14.0 Å². The fourth-order valence-electron chi connectivity index (χ4n) is 3.71. The Morgan fingerprint density at radius 1 is 0.943 bits per heavy atom. The zero-order valence-corrected chi connectivity index (χ0v) is 20.2. The number of aryl methyl sites for hydroxylation is 1. The van der Waals surface area contributed by atoms with E-state index in [0.29, 0.717) is 27.2 Å². The molecule has 0 saturated carbocycles. The fraction of sp³-hybridized carbons (Fsp3) is 0.154. The van der Waals surface area contributed by atoms with E-state index in [1.165, 1.54) is 19.1 Å². The van der Waals surface area contributed by atoms with Gasteiger partial charge in [0.15, 0.2) is 23.2 Å². The zero-order chi connectivity index (χ0) is 25.3. The summed E-state index contributed by atoms with van der Waals surface area (Å²) in [5, 5.41) is 1.03. The lowest BCUT2D eigenvalue weighted by atomic mass is 10.1. The molecular formula is C26H19Cl2F2NO4. The standard InChI is InChI=1S/C26H19Cl2F2NO4/c1-14(32)15-4-8-23(19(28)11-15)34-9-10-35-26-24(16-3-7-20(29)21(30)12-16)31(2)22-13-17(27)5-6-18(22)25(26)33/h3-8,11-13H,9-10H2,1-2H3. The molecule has 0 spiro atoms. The molecule has 1 aromatic heterocycles. The molecule has 0 N–H and O–H groups in total. The highest BCUT2D eigenvalue weighted by Gasteiger charge is 2.20. The number of pyridine rings is 1. The number of aromatic nitrogens is 1. The lowest BCUT2D eigenvalue weighted by Gasteiger charge is -2.18. The van der Waals surface area contributed by atoms with Gasteiger partial charge in [-0.3, -0.25) is 9.59 Å². The van der Waals surface area contributed by atoms with E-state index in [0.717, 1.165) is 12.1 Å². The van der Waals surface area contributed by atoms with Crippen molar-refractivity contribution in [3.63, 3.8) is 0 Å². The Labute approximate surface area is 209 Å². The molecule has 5 nitrogen and oxygen atoms in total. The molecule has 0 saturated heterocycles. The molecule has 0 fully saturated rings. The average molecular weight is 518 g/mol. The summed E-state index contributed by atoms with van der Waals surface area (Å²) >= 11 is 12.3. The van der Waals surface area contributed by atoms with Gasteiger partial charge >= 0.3 is 0 Å². The number of benzene rings is 3. The van der Waals surface area contributed by atoms with Crippen LogP contribution in [0.5, 0.6) is 11.5 Å². The summed E-state index contributed by atoms with van der Waals surface area (Å²) in [5.74, 6) is -1.89. The van der Waals surface area contributed by atoms with E-state index in [9.17, 15) is 18.4 Å². The van der Waals surface area contributed by atoms with Crippen molar-refractivity contribution < 1.29 is 23.0 Å². The van der Waals surface area contributed by atoms with Crippen molar-refractivity contribution in [1.29, 1.82) is 0 Å². The molecule has 0 unspecified atom stereocenters. The highest BCUT2D eigenvalue weighted by molar-refractivity contribution is 6.32. The van der Waals surface area contributed by atoms with Crippen molar-refractivity contribution in [2.24, 2.45) is 7.05 Å². The smallest absolute Gasteiger partial charge is 0.231 e. The minimum absolute atomic E-state index is 0.0260. The van der Waals surface area contributed by atoms with E-state index >= 15 is 0 Å². The molecule has 0 aliphatic rings. The topological polar surface area (TPSA) is 57.5 Å². The minimum Gasteiger partial charge on any atom is -0.488 e. The molecule has 0 atom stereocenters. The molecule has 3 aromatic carbocycles. The number of fused-ring (bicyclic) bond motifs is 1. The second-order valence-electron chi connectivity index (χ2n) is 7.75. The first-order chi connectivity index (χ1) is 16.7. The van der Waals surface area contributed by atoms with E-state index in [4.69, 9.17) is 32.7 Å². The Morgan fingerprint density at radius 2 is 1.69 bits per heavy atom. The summed E-state index contributed by atoms with van der Waals surface area (Å²) in [7, 11) is 1.68. The van der Waals surface area contributed by atoms with Gasteiger partial charge in [0.25, 0.3) is 0 Å². The number of hydrogen-bond acceptors (Lipinski definition) is 4. The number of carbonyl (C=O) groups excluding carboxylic acids is 1. The molecule has 0 amide bonds. The average Bonchev–Trinajstić information content (AvgIpc) is 2.82. The first-order valence-corrected chi connectivity index (χ1v) is 11.3. The van der Waals surface area contributed by atoms with Gasteiger partial charge in [-0.1, -0.05) is 23.2 Å². The third-order valence-electron chi connectivity index (χ3n) is 5.44. The molecule has 4 aromatic rings. The Morgan fingerprint density at radius 3 is 2.37 bits per heavy atom. The maximum atomic E-state index is 14.0. The van der Waals surface area contributed by atoms with Gasteiger partial charge in [0.2, 0.25) is 5.43 Å². The predicted octanol–water partition coefficient (Wildman–Crippen LogP) is 6.45. The molecule has 1 heterocycles. The summed E-state index contributed by atoms with van der Waals surface area (Å²) in [4.78, 5) is 24.8. The SMILES string of the molecule is CC(=O)c1ccc(OCCOc2c(-c3ccc(F)c(F)c3)n(C)c3cc(Cl)ccc3c2=O)c(Cl)c1. The van der Waals surface area contributed by atoms with E-state index in [1.54, 1.807) is 41.9 Å². The molecule has 4 rings (SSSR count). The van der Waals surface area contributed by atoms with Gasteiger partial charge in [-0.2, -0.15) is 0 Å². The number of nitrogens with zero attached hydrogens (tertiary/aromatic N) is 1. The van der Waals surface area contributed by atoms with Crippen LogP contribution in [-0.2, 0) is 7.05 Å². The van der Waals surface area contributed by atoms with E-state index in [1.807, 2.05) is 0 Å². The summed E-state index contributed by atoms with van der Waals surface area (Å²) in [6, 6.07) is 12.8. The number of hydrogen-bond donors (Lipinski definition) is 0. The Balaban J connectivity index is 1.68. The summed E-state index contributed by atoms with van der Waals surface area (Å²) in [6.45, 7) is 1.41. The predicted molar refractivity (Wildman–Crippen MR) is 132 cm³/mol. The van der Waals surface area contributed by atoms with Crippen LogP contribution in [-0.4, -0.2) is 23.6 Å². The minimum atomic E-state index is -1.06. The Bertz CT molecular complexity index is 1520. The first-order valence-electron chi connectivity index (χ1n) is 10.5. The normalized spacial score (nSPS) is 11.0. The molecule has 0 aliphatic carbocycles. The van der Waals surface area contributed by atoms with Crippen LogP contribution < -0.4 is 14.9 Å². The first kappa shape index (κ1) is 24.7. The van der Waals surface area contributed by atoms with Crippen LogP contribution in [0.4, 0.5) is 8.78 Å². The summed E-state index contributed by atoms with van der Waals surface area (Å²) in [6.07, 6.45) is 0. The highest BCUT2D eigenvalue weighted by atomic mass is 35.5. The van der Waals surface area contributed by atoms with Crippen molar-refractivity contribution in [2.45, 2.75) is 6.92 Å². The second-order valence-corrected chi connectivity index (χ2v) is 8.60. The lowest BCUT2D eigenvalue weighted by molar-refractivity contribution is 0.101. The van der Waals surface area contributed by atoms with Gasteiger partial charge in [0, 0.05) is 28.6 Å². The van der Waals surface area contributed by atoms with E-state index in [2.05, 4.69) is 0 Å². The lowest BCUT2D eigenvalue weighted by Crippen LogP contribution is -2.18. The maximum absolute atomic E-state index is 14.0. The maximum Gasteiger partial charge on any atom is 0.231 e. The summed E-state index contributed by atoms with van der Waals surface area (Å²) < 4.78 is 40.7.